The molecule has 0 bridgehead atoms. The van der Waals surface area contributed by atoms with Gasteiger partial charge in [-0.2, -0.15) is 15.1 Å². The van der Waals surface area contributed by atoms with Gasteiger partial charge in [0.25, 0.3) is 5.91 Å². The average Bonchev–Trinajstić information content (AvgIpc) is 3.27. The number of benzene rings is 2. The highest BCUT2D eigenvalue weighted by Crippen LogP contribution is 2.30. The molecule has 0 spiro atoms. The number of ether oxygens (including phenoxy) is 3. The second kappa shape index (κ2) is 11.0. The zero-order chi connectivity index (χ0) is 23.9. The smallest absolute Gasteiger partial charge is 0.283 e. The number of amidine groups is 2. The Morgan fingerprint density at radius 2 is 1.62 bits per heavy atom. The Morgan fingerprint density at radius 3 is 2.24 bits per heavy atom. The van der Waals surface area contributed by atoms with Crippen LogP contribution < -0.4 is 14.2 Å². The molecule has 0 radical (unpaired) electrons. The molecule has 2 heterocycles. The third-order valence-corrected chi connectivity index (χ3v) is 6.08. The summed E-state index contributed by atoms with van der Waals surface area (Å²) in [4.78, 5) is 16.7. The number of hydrogen-bond donors (Lipinski definition) is 1. The first-order chi connectivity index (χ1) is 16.6. The van der Waals surface area contributed by atoms with Gasteiger partial charge in [-0.1, -0.05) is 25.5 Å². The first kappa shape index (κ1) is 23.6. The standard InChI is InChI=1S/C25H26N4O4S/c1-3-4-5-22-28-29-23(26)21(24(30)27-25(29)34-22)16-17-6-8-19(9-7-17)32-14-15-33-20-12-10-18(31-2)11-13-20/h6-13,16,26H,3-5,14-15H2,1-2H3/b21-16+,26-23?. The molecular formula is C25H26N4O4S. The number of fused-ring (bicyclic) bond motifs is 1. The maximum atomic E-state index is 12.5. The van der Waals surface area contributed by atoms with Crippen LogP contribution in [0.1, 0.15) is 31.7 Å². The summed E-state index contributed by atoms with van der Waals surface area (Å²) in [5.74, 6) is 1.83. The zero-order valence-electron chi connectivity index (χ0n) is 19.1. The van der Waals surface area contributed by atoms with E-state index in [4.69, 9.17) is 19.6 Å². The van der Waals surface area contributed by atoms with Gasteiger partial charge in [0.2, 0.25) is 5.17 Å². The second-order valence-corrected chi connectivity index (χ2v) is 8.60. The monoisotopic (exact) mass is 478 g/mol. The predicted molar refractivity (Wildman–Crippen MR) is 135 cm³/mol. The Hall–Kier alpha value is -3.59. The van der Waals surface area contributed by atoms with Crippen LogP contribution in [-0.2, 0) is 4.79 Å². The molecule has 34 heavy (non-hydrogen) atoms. The number of nitrogens with one attached hydrogen (secondary N) is 1. The first-order valence-electron chi connectivity index (χ1n) is 11.1. The van der Waals surface area contributed by atoms with Crippen molar-refractivity contribution in [3.63, 3.8) is 0 Å². The summed E-state index contributed by atoms with van der Waals surface area (Å²) in [6, 6.07) is 14.7. The SMILES string of the molecule is CCCCC1=NN2C(=N)/C(=C\c3ccc(OCCOc4ccc(OC)cc4)cc3)C(=O)N=C2S1. The van der Waals surface area contributed by atoms with Crippen molar-refractivity contribution in [1.82, 2.24) is 5.01 Å². The molecule has 0 aliphatic carbocycles. The van der Waals surface area contributed by atoms with E-state index in [0.717, 1.165) is 41.4 Å². The molecule has 2 aromatic rings. The number of thioether (sulfide) groups is 1. The summed E-state index contributed by atoms with van der Waals surface area (Å²) >= 11 is 1.37. The van der Waals surface area contributed by atoms with Crippen LogP contribution in [0.5, 0.6) is 17.2 Å². The fourth-order valence-electron chi connectivity index (χ4n) is 3.28. The van der Waals surface area contributed by atoms with Gasteiger partial charge in [0.05, 0.1) is 12.7 Å². The van der Waals surface area contributed by atoms with E-state index in [-0.39, 0.29) is 11.4 Å². The van der Waals surface area contributed by atoms with E-state index in [2.05, 4.69) is 17.0 Å². The number of hydrogen-bond acceptors (Lipinski definition) is 7. The quantitative estimate of drug-likeness (QED) is 0.383. The number of methoxy groups -OCH3 is 1. The number of hydrazone groups is 1. The molecule has 0 fully saturated rings. The highest BCUT2D eigenvalue weighted by Gasteiger charge is 2.35. The molecule has 0 saturated carbocycles. The molecule has 8 nitrogen and oxygen atoms in total. The van der Waals surface area contributed by atoms with Crippen molar-refractivity contribution in [3.8, 4) is 17.2 Å². The summed E-state index contributed by atoms with van der Waals surface area (Å²) < 4.78 is 16.5. The van der Waals surface area contributed by atoms with Gasteiger partial charge in [0, 0.05) is 0 Å². The Balaban J connectivity index is 1.32. The minimum atomic E-state index is -0.424. The van der Waals surface area contributed by atoms with Crippen molar-refractivity contribution < 1.29 is 19.0 Å². The van der Waals surface area contributed by atoms with Crippen LogP contribution in [0.2, 0.25) is 0 Å². The molecule has 4 rings (SSSR count). The molecular weight excluding hydrogens is 452 g/mol. The summed E-state index contributed by atoms with van der Waals surface area (Å²) in [6.07, 6.45) is 4.55. The summed E-state index contributed by atoms with van der Waals surface area (Å²) in [5, 5.41) is 15.7. The molecule has 2 aromatic carbocycles. The fourth-order valence-corrected chi connectivity index (χ4v) is 4.21. The summed E-state index contributed by atoms with van der Waals surface area (Å²) in [7, 11) is 1.62. The van der Waals surface area contributed by atoms with Gasteiger partial charge in [-0.05, 0) is 72.6 Å². The number of amides is 1. The molecule has 0 unspecified atom stereocenters. The molecule has 2 aliphatic rings. The van der Waals surface area contributed by atoms with Crippen LogP contribution in [0.25, 0.3) is 6.08 Å². The van der Waals surface area contributed by atoms with Crippen LogP contribution in [-0.4, -0.2) is 47.3 Å². The number of aliphatic imine (C=N–C) groups is 1. The molecule has 1 N–H and O–H groups in total. The van der Waals surface area contributed by atoms with Crippen LogP contribution in [0, 0.1) is 5.41 Å². The maximum absolute atomic E-state index is 12.5. The minimum Gasteiger partial charge on any atom is -0.497 e. The van der Waals surface area contributed by atoms with Crippen LogP contribution >= 0.6 is 11.8 Å². The lowest BCUT2D eigenvalue weighted by molar-refractivity contribution is -0.114. The average molecular weight is 479 g/mol. The fraction of sp³-hybridized carbons (Fsp3) is 0.280. The Labute approximate surface area is 202 Å². The highest BCUT2D eigenvalue weighted by molar-refractivity contribution is 8.26. The minimum absolute atomic E-state index is 0.0463. The molecule has 9 heteroatoms. The molecule has 0 saturated heterocycles. The molecule has 0 aromatic heterocycles. The van der Waals surface area contributed by atoms with Crippen molar-refractivity contribution in [2.45, 2.75) is 26.2 Å². The van der Waals surface area contributed by atoms with E-state index < -0.39 is 5.91 Å². The van der Waals surface area contributed by atoms with Gasteiger partial charge < -0.3 is 14.2 Å². The number of rotatable bonds is 10. The topological polar surface area (TPSA) is 96.6 Å². The van der Waals surface area contributed by atoms with Crippen molar-refractivity contribution in [1.29, 1.82) is 5.41 Å². The van der Waals surface area contributed by atoms with Crippen LogP contribution in [0.3, 0.4) is 0 Å². The number of carbonyl (C=O) groups excluding carboxylic acids is 1. The second-order valence-electron chi connectivity index (χ2n) is 7.56. The van der Waals surface area contributed by atoms with E-state index in [0.29, 0.717) is 24.1 Å². The first-order valence-corrected chi connectivity index (χ1v) is 11.9. The molecule has 176 valence electrons. The molecule has 1 amide bonds. The van der Waals surface area contributed by atoms with Crippen LogP contribution in [0.4, 0.5) is 0 Å². The number of carbonyl (C=O) groups is 1. The van der Waals surface area contributed by atoms with Crippen molar-refractivity contribution >= 4 is 39.8 Å². The summed E-state index contributed by atoms with van der Waals surface area (Å²) in [6.45, 7) is 2.90. The maximum Gasteiger partial charge on any atom is 0.283 e. The van der Waals surface area contributed by atoms with E-state index in [1.54, 1.807) is 13.2 Å². The Kier molecular flexibility index (Phi) is 7.64. The van der Waals surface area contributed by atoms with Gasteiger partial charge >= 0.3 is 0 Å². The lowest BCUT2D eigenvalue weighted by Gasteiger charge is -2.20. The van der Waals surface area contributed by atoms with Gasteiger partial charge in [-0.3, -0.25) is 10.2 Å². The van der Waals surface area contributed by atoms with Gasteiger partial charge in [-0.15, -0.1) is 0 Å². The third-order valence-electron chi connectivity index (χ3n) is 5.11. The van der Waals surface area contributed by atoms with E-state index in [1.807, 2.05) is 48.5 Å². The van der Waals surface area contributed by atoms with Gasteiger partial charge in [0.15, 0.2) is 5.84 Å². The van der Waals surface area contributed by atoms with E-state index in [1.165, 1.54) is 16.8 Å². The lowest BCUT2D eigenvalue weighted by atomic mass is 10.1. The van der Waals surface area contributed by atoms with Crippen molar-refractivity contribution in [2.24, 2.45) is 10.1 Å². The highest BCUT2D eigenvalue weighted by atomic mass is 32.2. The van der Waals surface area contributed by atoms with Gasteiger partial charge in [-0.25, -0.2) is 0 Å². The molecule has 0 atom stereocenters. The van der Waals surface area contributed by atoms with Gasteiger partial charge in [0.1, 0.15) is 35.5 Å². The predicted octanol–water partition coefficient (Wildman–Crippen LogP) is 4.96. The molecule has 2 aliphatic heterocycles. The Bertz CT molecular complexity index is 1140. The van der Waals surface area contributed by atoms with E-state index in [9.17, 15) is 4.79 Å². The van der Waals surface area contributed by atoms with E-state index >= 15 is 0 Å². The third kappa shape index (κ3) is 5.66. The zero-order valence-corrected chi connectivity index (χ0v) is 19.9. The normalized spacial score (nSPS) is 16.3. The largest absolute Gasteiger partial charge is 0.497 e. The lowest BCUT2D eigenvalue weighted by Crippen LogP contribution is -2.35. The Morgan fingerprint density at radius 1 is 1.00 bits per heavy atom. The number of unbranched alkanes of at least 4 members (excludes halogenated alkanes) is 1. The van der Waals surface area contributed by atoms with Crippen molar-refractivity contribution in [3.05, 3.63) is 59.7 Å². The summed E-state index contributed by atoms with van der Waals surface area (Å²) in [5.41, 5.74) is 0.988. The number of nitrogens with zero attached hydrogens (tertiary/aromatic N) is 3. The van der Waals surface area contributed by atoms with Crippen LogP contribution in [0.15, 0.2) is 64.2 Å². The van der Waals surface area contributed by atoms with Crippen molar-refractivity contribution in [2.75, 3.05) is 20.3 Å².